The van der Waals surface area contributed by atoms with Crippen molar-refractivity contribution in [1.29, 1.82) is 0 Å². The second-order valence-electron chi connectivity index (χ2n) is 7.48. The summed E-state index contributed by atoms with van der Waals surface area (Å²) < 4.78 is 5.65. The molecule has 0 spiro atoms. The van der Waals surface area contributed by atoms with Gasteiger partial charge >= 0.3 is 11.7 Å². The minimum absolute atomic E-state index is 0.0847. The quantitative estimate of drug-likeness (QED) is 0.278. The van der Waals surface area contributed by atoms with E-state index in [9.17, 15) is 19.7 Å². The molecule has 1 heterocycles. The maximum absolute atomic E-state index is 12.7. The lowest BCUT2D eigenvalue weighted by atomic mass is 10.1. The van der Waals surface area contributed by atoms with Crippen LogP contribution in [-0.4, -0.2) is 39.0 Å². The number of aliphatic imine (C=N–C) groups is 1. The average molecular weight is 490 g/mol. The van der Waals surface area contributed by atoms with Crippen molar-refractivity contribution in [2.75, 3.05) is 7.05 Å². The Labute approximate surface area is 204 Å². The Morgan fingerprint density at radius 1 is 1.14 bits per heavy atom. The summed E-state index contributed by atoms with van der Waals surface area (Å²) in [7, 11) is 1.55. The number of benzene rings is 3. The van der Waals surface area contributed by atoms with Crippen LogP contribution in [0.3, 0.4) is 0 Å². The summed E-state index contributed by atoms with van der Waals surface area (Å²) in [6.07, 6.45) is 1.55. The van der Waals surface area contributed by atoms with Gasteiger partial charge in [-0.25, -0.2) is 9.79 Å². The molecular weight excluding hydrogens is 470 g/mol. The third-order valence-corrected chi connectivity index (χ3v) is 6.10. The van der Waals surface area contributed by atoms with E-state index in [1.165, 1.54) is 29.2 Å². The molecule has 35 heavy (non-hydrogen) atoms. The number of nitro benzene ring substituents is 1. The zero-order chi connectivity index (χ0) is 24.9. The normalized spacial score (nSPS) is 15.6. The first-order valence-corrected chi connectivity index (χ1v) is 11.2. The van der Waals surface area contributed by atoms with Crippen molar-refractivity contribution in [2.45, 2.75) is 6.61 Å². The minimum atomic E-state index is -1.08. The SMILES string of the molecule is CN1C(=O)/C(=C\c2ccc(OCc3ccccc3)c([N+](=O)[O-])c2)SC1=Nc1cccc(C(=O)O)c1. The number of nitro groups is 1. The summed E-state index contributed by atoms with van der Waals surface area (Å²) in [6, 6.07) is 19.9. The fourth-order valence-corrected chi connectivity index (χ4v) is 4.23. The summed E-state index contributed by atoms with van der Waals surface area (Å²) in [5, 5.41) is 21.2. The molecule has 3 aromatic carbocycles. The van der Waals surface area contributed by atoms with Crippen molar-refractivity contribution in [1.82, 2.24) is 4.90 Å². The van der Waals surface area contributed by atoms with Gasteiger partial charge in [-0.1, -0.05) is 42.5 Å². The van der Waals surface area contributed by atoms with Crippen molar-refractivity contribution in [3.8, 4) is 5.75 Å². The summed E-state index contributed by atoms with van der Waals surface area (Å²) in [4.78, 5) is 41.1. The first kappa shape index (κ1) is 23.7. The van der Waals surface area contributed by atoms with Crippen LogP contribution in [-0.2, 0) is 11.4 Å². The van der Waals surface area contributed by atoms with Crippen molar-refractivity contribution >= 4 is 46.3 Å². The molecule has 1 N–H and O–H groups in total. The molecule has 9 nitrogen and oxygen atoms in total. The molecular formula is C25H19N3O6S. The fraction of sp³-hybridized carbons (Fsp3) is 0.0800. The molecule has 1 fully saturated rings. The van der Waals surface area contributed by atoms with Gasteiger partial charge in [0.05, 0.1) is 21.1 Å². The Bertz CT molecular complexity index is 1370. The number of hydrogen-bond acceptors (Lipinski definition) is 7. The van der Waals surface area contributed by atoms with Gasteiger partial charge in [-0.15, -0.1) is 0 Å². The molecule has 0 bridgehead atoms. The molecule has 1 aliphatic heterocycles. The number of amides is 1. The number of aromatic carboxylic acids is 1. The van der Waals surface area contributed by atoms with Crippen molar-refractivity contribution in [3.05, 3.63) is 105 Å². The zero-order valence-electron chi connectivity index (χ0n) is 18.5. The summed E-state index contributed by atoms with van der Waals surface area (Å²) in [6.45, 7) is 0.185. The van der Waals surface area contributed by atoms with E-state index in [-0.39, 0.29) is 29.5 Å². The van der Waals surface area contributed by atoms with E-state index in [0.29, 0.717) is 21.3 Å². The number of carboxylic acid groups (broad SMARTS) is 1. The summed E-state index contributed by atoms with van der Waals surface area (Å²) in [5.74, 6) is -1.27. The number of likely N-dealkylation sites (N-methyl/N-ethyl adjacent to an activating group) is 1. The van der Waals surface area contributed by atoms with Crippen LogP contribution in [0.4, 0.5) is 11.4 Å². The van der Waals surface area contributed by atoms with Gasteiger partial charge in [-0.3, -0.25) is 19.8 Å². The highest BCUT2D eigenvalue weighted by Gasteiger charge is 2.30. The van der Waals surface area contributed by atoms with Gasteiger partial charge in [0.2, 0.25) is 0 Å². The van der Waals surface area contributed by atoms with Crippen LogP contribution in [0.2, 0.25) is 0 Å². The number of nitrogens with zero attached hydrogens (tertiary/aromatic N) is 3. The summed E-state index contributed by atoms with van der Waals surface area (Å²) in [5.41, 5.74) is 1.61. The molecule has 1 saturated heterocycles. The van der Waals surface area contributed by atoms with Gasteiger partial charge in [0.1, 0.15) is 6.61 Å². The van der Waals surface area contributed by atoms with E-state index >= 15 is 0 Å². The van der Waals surface area contributed by atoms with Crippen LogP contribution >= 0.6 is 11.8 Å². The molecule has 0 atom stereocenters. The molecule has 176 valence electrons. The molecule has 0 aromatic heterocycles. The number of carbonyl (C=O) groups is 2. The fourth-order valence-electron chi connectivity index (χ4n) is 3.25. The van der Waals surface area contributed by atoms with Crippen LogP contribution in [0.5, 0.6) is 5.75 Å². The van der Waals surface area contributed by atoms with E-state index in [1.807, 2.05) is 30.3 Å². The van der Waals surface area contributed by atoms with E-state index in [0.717, 1.165) is 17.3 Å². The Balaban J connectivity index is 1.57. The van der Waals surface area contributed by atoms with Crippen LogP contribution in [0.25, 0.3) is 6.08 Å². The second-order valence-corrected chi connectivity index (χ2v) is 8.49. The number of carboxylic acids is 1. The van der Waals surface area contributed by atoms with Crippen LogP contribution in [0.15, 0.2) is 82.7 Å². The maximum atomic E-state index is 12.7. The van der Waals surface area contributed by atoms with E-state index < -0.39 is 10.9 Å². The number of rotatable bonds is 7. The highest BCUT2D eigenvalue weighted by atomic mass is 32.2. The highest BCUT2D eigenvalue weighted by molar-refractivity contribution is 8.18. The monoisotopic (exact) mass is 489 g/mol. The third-order valence-electron chi connectivity index (χ3n) is 5.04. The third kappa shape index (κ3) is 5.56. The molecule has 10 heteroatoms. The first-order chi connectivity index (χ1) is 16.8. The molecule has 0 radical (unpaired) electrons. The van der Waals surface area contributed by atoms with Crippen molar-refractivity contribution in [2.24, 2.45) is 4.99 Å². The lowest BCUT2D eigenvalue weighted by Crippen LogP contribution is -2.23. The minimum Gasteiger partial charge on any atom is -0.482 e. The Morgan fingerprint density at radius 2 is 1.91 bits per heavy atom. The molecule has 0 saturated carbocycles. The Kier molecular flexibility index (Phi) is 6.93. The van der Waals surface area contributed by atoms with Gasteiger partial charge in [-0.2, -0.15) is 0 Å². The topological polar surface area (TPSA) is 122 Å². The van der Waals surface area contributed by atoms with Crippen LogP contribution < -0.4 is 4.74 Å². The van der Waals surface area contributed by atoms with Gasteiger partial charge < -0.3 is 9.84 Å². The number of amidine groups is 1. The van der Waals surface area contributed by atoms with Gasteiger partial charge in [0.15, 0.2) is 10.9 Å². The largest absolute Gasteiger partial charge is 0.482 e. The number of thioether (sulfide) groups is 1. The smallest absolute Gasteiger partial charge is 0.335 e. The average Bonchev–Trinajstić information content (AvgIpc) is 3.11. The van der Waals surface area contributed by atoms with Crippen LogP contribution in [0, 0.1) is 10.1 Å². The lowest BCUT2D eigenvalue weighted by molar-refractivity contribution is -0.386. The molecule has 1 aliphatic rings. The Hall–Kier alpha value is -4.44. The molecule has 0 unspecified atom stereocenters. The van der Waals surface area contributed by atoms with Gasteiger partial charge in [0.25, 0.3) is 5.91 Å². The number of hydrogen-bond donors (Lipinski definition) is 1. The number of ether oxygens (including phenoxy) is 1. The van der Waals surface area contributed by atoms with Crippen molar-refractivity contribution < 1.29 is 24.4 Å². The predicted molar refractivity (Wildman–Crippen MR) is 133 cm³/mol. The maximum Gasteiger partial charge on any atom is 0.335 e. The van der Waals surface area contributed by atoms with Gasteiger partial charge in [-0.05, 0) is 53.2 Å². The molecule has 4 rings (SSSR count). The summed E-state index contributed by atoms with van der Waals surface area (Å²) >= 11 is 1.10. The van der Waals surface area contributed by atoms with Crippen LogP contribution in [0.1, 0.15) is 21.5 Å². The first-order valence-electron chi connectivity index (χ1n) is 10.4. The second kappa shape index (κ2) is 10.2. The van der Waals surface area contributed by atoms with E-state index in [2.05, 4.69) is 4.99 Å². The number of carbonyl (C=O) groups excluding carboxylic acids is 1. The van der Waals surface area contributed by atoms with E-state index in [4.69, 9.17) is 9.84 Å². The molecule has 3 aromatic rings. The Morgan fingerprint density at radius 3 is 2.63 bits per heavy atom. The molecule has 1 amide bonds. The highest BCUT2D eigenvalue weighted by Crippen LogP contribution is 2.35. The standard InChI is InChI=1S/C25H19N3O6S/c1-27-23(29)22(35-25(27)26-19-9-5-8-18(14-19)24(30)31)13-17-10-11-21(20(12-17)28(32)33)34-15-16-6-3-2-4-7-16/h2-14H,15H2,1H3,(H,30,31)/b22-13+,26-25?. The zero-order valence-corrected chi connectivity index (χ0v) is 19.3. The molecule has 0 aliphatic carbocycles. The van der Waals surface area contributed by atoms with E-state index in [1.54, 1.807) is 31.3 Å². The lowest BCUT2D eigenvalue weighted by Gasteiger charge is -2.08. The van der Waals surface area contributed by atoms with Gasteiger partial charge in [0, 0.05) is 13.1 Å². The van der Waals surface area contributed by atoms with Crippen molar-refractivity contribution in [3.63, 3.8) is 0 Å². The predicted octanol–water partition coefficient (Wildman–Crippen LogP) is 5.11.